The summed E-state index contributed by atoms with van der Waals surface area (Å²) in [4.78, 5) is 31.4. The molecular formula is C56H94FN5O15S. The second-order valence-corrected chi connectivity index (χ2v) is 25.4. The molecule has 1 aromatic carbocycles. The molecule has 446 valence electrons. The van der Waals surface area contributed by atoms with Crippen molar-refractivity contribution >= 4 is 21.6 Å². The van der Waals surface area contributed by atoms with Crippen molar-refractivity contribution in [2.24, 2.45) is 29.6 Å². The summed E-state index contributed by atoms with van der Waals surface area (Å²) in [6, 6.07) is 4.64. The van der Waals surface area contributed by atoms with Crippen molar-refractivity contribution in [1.29, 1.82) is 0 Å². The number of rotatable bonds is 20. The van der Waals surface area contributed by atoms with Crippen molar-refractivity contribution in [2.75, 3.05) is 60.9 Å². The molecule has 20 nitrogen and oxygen atoms in total. The Labute approximate surface area is 462 Å². The van der Waals surface area contributed by atoms with Crippen LogP contribution in [-0.4, -0.2) is 199 Å². The zero-order chi connectivity index (χ0) is 58.5. The first-order valence-electron chi connectivity index (χ1n) is 27.8. The van der Waals surface area contributed by atoms with Gasteiger partial charge in [0.2, 0.25) is 0 Å². The van der Waals surface area contributed by atoms with Crippen LogP contribution in [0, 0.1) is 29.6 Å². The first kappa shape index (κ1) is 65.7. The molecular weight excluding hydrogens is 1030 g/mol. The number of aliphatic hydroxyl groups is 4. The minimum atomic E-state index is -3.45. The molecule has 1 aromatic heterocycles. The molecule has 0 saturated carbocycles. The van der Waals surface area contributed by atoms with Gasteiger partial charge in [0.1, 0.15) is 48.0 Å². The molecule has 22 heteroatoms. The Morgan fingerprint density at radius 2 is 1.62 bits per heavy atom. The summed E-state index contributed by atoms with van der Waals surface area (Å²) in [5.74, 6) is -5.43. The number of aromatic nitrogens is 3. The third-order valence-corrected chi connectivity index (χ3v) is 19.0. The Bertz CT molecular complexity index is 2370. The van der Waals surface area contributed by atoms with Crippen molar-refractivity contribution in [2.45, 2.75) is 209 Å². The number of ketones is 1. The number of nitrogens with one attached hydrogen (secondary N) is 1. The molecule has 78 heavy (non-hydrogen) atoms. The normalized spacial score (nSPS) is 38.6. The Morgan fingerprint density at radius 3 is 2.18 bits per heavy atom. The van der Waals surface area contributed by atoms with E-state index in [-0.39, 0.29) is 36.5 Å². The van der Waals surface area contributed by atoms with Crippen molar-refractivity contribution in [3.63, 3.8) is 0 Å². The maximum atomic E-state index is 14.8. The van der Waals surface area contributed by atoms with Gasteiger partial charge in [-0.15, -0.1) is 5.10 Å². The van der Waals surface area contributed by atoms with Crippen LogP contribution in [0.1, 0.15) is 132 Å². The standard InChI is InChI=1S/C56H94FN5O15S/c1-17-24-58-31-56(68)37(8)75-43(28-54(56,10)73-15)45-34(5)50(53(9,72-14)27-32(3)46(63)36(7)49(65)55(11,67)44(18-2)76-51(66)35(45)6)77-52-47(64)41(26-33(4)74-52)61(12)25-23-39-30-62(60-59-39)42(29-57)48(71-13)38-19-21-40(22-20-38)78(16,69)70/h19-22,30,32-37,41-45,47-50,52,58,64-65,67-68H,17-18,23-29,31H2,1-16H3/t32-,33-,34+,35-,36+,37+,41+,42-,43?,44-,45+,47-,48-,49-,50-,52+,53-,54-,55-,56+/m1/s1. The third kappa shape index (κ3) is 14.0. The zero-order valence-corrected chi connectivity index (χ0v) is 49.9. The summed E-state index contributed by atoms with van der Waals surface area (Å²) >= 11 is 0. The fourth-order valence-electron chi connectivity index (χ4n) is 12.7. The van der Waals surface area contributed by atoms with Crippen molar-refractivity contribution in [3.05, 3.63) is 41.7 Å². The molecule has 0 aliphatic carbocycles. The number of esters is 1. The molecule has 4 heterocycles. The van der Waals surface area contributed by atoms with Gasteiger partial charge in [-0.2, -0.15) is 0 Å². The van der Waals surface area contributed by atoms with Gasteiger partial charge in [0.25, 0.3) is 0 Å². The number of methoxy groups -OCH3 is 3. The predicted octanol–water partition coefficient (Wildman–Crippen LogP) is 4.59. The Morgan fingerprint density at radius 1 is 0.962 bits per heavy atom. The molecule has 0 radical (unpaired) electrons. The van der Waals surface area contributed by atoms with Crippen LogP contribution in [0.4, 0.5) is 4.39 Å². The average molecular weight is 1130 g/mol. The van der Waals surface area contributed by atoms with Crippen molar-refractivity contribution in [3.8, 4) is 0 Å². The van der Waals surface area contributed by atoms with Gasteiger partial charge < -0.3 is 63.8 Å². The molecule has 5 rings (SSSR count). The van der Waals surface area contributed by atoms with Crippen LogP contribution in [0.5, 0.6) is 0 Å². The maximum Gasteiger partial charge on any atom is 0.309 e. The summed E-state index contributed by atoms with van der Waals surface area (Å²) in [6.07, 6.45) is -4.66. The van der Waals surface area contributed by atoms with Gasteiger partial charge in [0.15, 0.2) is 16.1 Å². The summed E-state index contributed by atoms with van der Waals surface area (Å²) in [5, 5.41) is 60.5. The summed E-state index contributed by atoms with van der Waals surface area (Å²) < 4.78 is 85.6. The molecule has 3 aliphatic heterocycles. The second kappa shape index (κ2) is 26.9. The monoisotopic (exact) mass is 1130 g/mol. The Hall–Kier alpha value is -3.10. The molecule has 3 fully saturated rings. The largest absolute Gasteiger partial charge is 0.459 e. The molecule has 1 unspecified atom stereocenters. The third-order valence-electron chi connectivity index (χ3n) is 17.8. The highest BCUT2D eigenvalue weighted by Crippen LogP contribution is 2.48. The van der Waals surface area contributed by atoms with Crippen LogP contribution >= 0.6 is 0 Å². The first-order valence-corrected chi connectivity index (χ1v) is 29.6. The van der Waals surface area contributed by atoms with Gasteiger partial charge in [-0.25, -0.2) is 17.5 Å². The molecule has 0 bridgehead atoms. The molecule has 0 amide bonds. The van der Waals surface area contributed by atoms with Gasteiger partial charge in [-0.05, 0) is 97.5 Å². The van der Waals surface area contributed by atoms with E-state index in [2.05, 4.69) is 15.6 Å². The molecule has 0 spiro atoms. The van der Waals surface area contributed by atoms with Gasteiger partial charge in [0.05, 0.1) is 58.2 Å². The fraction of sp³-hybridized carbons (Fsp3) is 0.821. The smallest absolute Gasteiger partial charge is 0.309 e. The number of carbonyl (C=O) groups is 2. The number of halogens is 1. The Balaban J connectivity index is 1.51. The number of alkyl halides is 1. The number of sulfone groups is 1. The minimum absolute atomic E-state index is 0.0477. The number of aliphatic hydroxyl groups excluding tert-OH is 2. The first-order chi connectivity index (χ1) is 36.4. The highest BCUT2D eigenvalue weighted by Gasteiger charge is 2.61. The lowest BCUT2D eigenvalue weighted by Crippen LogP contribution is -2.71. The van der Waals surface area contributed by atoms with E-state index < -0.39 is 142 Å². The van der Waals surface area contributed by atoms with Gasteiger partial charge in [-0.1, -0.05) is 58.9 Å². The number of Topliss-reactive ketones (excluding diaryl/α,β-unsaturated/α-hetero) is 1. The van der Waals surface area contributed by atoms with Crippen LogP contribution in [0.2, 0.25) is 0 Å². The summed E-state index contributed by atoms with van der Waals surface area (Å²) in [6.45, 7) is 19.7. The second-order valence-electron chi connectivity index (χ2n) is 23.4. The molecule has 2 aromatic rings. The summed E-state index contributed by atoms with van der Waals surface area (Å²) in [5.41, 5.74) is -4.99. The highest BCUT2D eigenvalue weighted by molar-refractivity contribution is 7.90. The van der Waals surface area contributed by atoms with Gasteiger partial charge in [-0.3, -0.25) is 9.59 Å². The van der Waals surface area contributed by atoms with E-state index in [1.54, 1.807) is 52.9 Å². The van der Waals surface area contributed by atoms with E-state index in [4.69, 9.17) is 33.2 Å². The zero-order valence-electron chi connectivity index (χ0n) is 49.1. The quantitative estimate of drug-likeness (QED) is 0.0897. The number of cyclic esters (lactones) is 1. The number of hydrogen-bond donors (Lipinski definition) is 5. The van der Waals surface area contributed by atoms with Gasteiger partial charge >= 0.3 is 5.97 Å². The fourth-order valence-corrected chi connectivity index (χ4v) is 13.3. The van der Waals surface area contributed by atoms with Crippen LogP contribution in [0.25, 0.3) is 0 Å². The van der Waals surface area contributed by atoms with Crippen molar-refractivity contribution in [1.82, 2.24) is 25.2 Å². The summed E-state index contributed by atoms with van der Waals surface area (Å²) in [7, 11) is 2.90. The van der Waals surface area contributed by atoms with Crippen LogP contribution < -0.4 is 5.32 Å². The molecule has 3 saturated heterocycles. The molecule has 5 N–H and O–H groups in total. The van der Waals surface area contributed by atoms with Gasteiger partial charge in [0, 0.05) is 83.5 Å². The average Bonchev–Trinajstić information content (AvgIpc) is 3.97. The predicted molar refractivity (Wildman–Crippen MR) is 289 cm³/mol. The highest BCUT2D eigenvalue weighted by atomic mass is 32.2. The Kier molecular flexibility index (Phi) is 22.6. The lowest BCUT2D eigenvalue weighted by molar-refractivity contribution is -0.309. The van der Waals surface area contributed by atoms with E-state index in [0.717, 1.165) is 12.7 Å². The number of likely N-dealkylation sites (N-methyl/N-ethyl adjacent to an activating group) is 1. The number of ether oxygens (including phenoxy) is 7. The maximum absolute atomic E-state index is 14.8. The number of benzene rings is 1. The number of nitrogens with zero attached hydrogens (tertiary/aromatic N) is 4. The van der Waals surface area contributed by atoms with E-state index in [9.17, 15) is 42.8 Å². The molecule has 3 aliphatic rings. The van der Waals surface area contributed by atoms with E-state index in [1.165, 1.54) is 45.1 Å². The number of carbonyl (C=O) groups excluding carboxylic acids is 2. The van der Waals surface area contributed by atoms with Crippen LogP contribution in [0.3, 0.4) is 0 Å². The lowest BCUT2D eigenvalue weighted by Gasteiger charge is -2.56. The molecule has 20 atom stereocenters. The van der Waals surface area contributed by atoms with Crippen LogP contribution in [0.15, 0.2) is 35.4 Å². The minimum Gasteiger partial charge on any atom is -0.459 e. The lowest BCUT2D eigenvalue weighted by atomic mass is 9.65. The topological polar surface area (TPSA) is 260 Å². The van der Waals surface area contributed by atoms with E-state index in [0.29, 0.717) is 37.2 Å². The van der Waals surface area contributed by atoms with E-state index in [1.807, 2.05) is 46.6 Å². The SMILES string of the molecule is CCCNC[C@]1(O)[C@H](C)OC([C@H]2[C@H](C)[C@@H](O[C@@H]3O[C@H](C)C[C@H](N(C)CCc4cn([C@H](CF)[C@H](OC)c5ccc(S(C)(=O)=O)cc5)nn4)[C@H]3O)[C@](C)(OC)C[C@@H](C)C(=O)[C@H](C)[C@@H](O)[C@](C)(O)[C@@H](CC)OC(=O)[C@@H]2C)C[C@@]1(C)OC. The number of hydrogen-bond acceptors (Lipinski definition) is 19. The van der Waals surface area contributed by atoms with Crippen molar-refractivity contribution < 1.29 is 76.0 Å². The van der Waals surface area contributed by atoms with E-state index >= 15 is 0 Å². The van der Waals surface area contributed by atoms with Crippen LogP contribution in [-0.2, 0) is 59.0 Å².